The highest BCUT2D eigenvalue weighted by atomic mass is 35.5. The van der Waals surface area contributed by atoms with Crippen molar-refractivity contribution in [2.24, 2.45) is 0 Å². The van der Waals surface area contributed by atoms with Crippen LogP contribution in [0.25, 0.3) is 5.69 Å². The molecule has 1 saturated heterocycles. The van der Waals surface area contributed by atoms with Crippen LogP contribution in [0.3, 0.4) is 0 Å². The highest BCUT2D eigenvalue weighted by molar-refractivity contribution is 7.91. The molecule has 5 nitrogen and oxygen atoms in total. The van der Waals surface area contributed by atoms with Gasteiger partial charge in [-0.15, -0.1) is 0 Å². The Morgan fingerprint density at radius 3 is 2.40 bits per heavy atom. The third-order valence-electron chi connectivity index (χ3n) is 4.79. The molecule has 1 aromatic heterocycles. The molecule has 0 spiro atoms. The zero-order valence-electron chi connectivity index (χ0n) is 14.5. The largest absolute Gasteiger partial charge is 0.338 e. The van der Waals surface area contributed by atoms with E-state index in [9.17, 15) is 13.2 Å². The van der Waals surface area contributed by atoms with Gasteiger partial charge in [-0.3, -0.25) is 4.79 Å². The van der Waals surface area contributed by atoms with Gasteiger partial charge in [0.05, 0.1) is 22.1 Å². The minimum atomic E-state index is -3.05. The maximum Gasteiger partial charge on any atom is 0.255 e. The number of aromatic nitrogens is 1. The van der Waals surface area contributed by atoms with Crippen LogP contribution in [-0.2, 0) is 9.84 Å². The number of benzene rings is 1. The van der Waals surface area contributed by atoms with Gasteiger partial charge in [0.15, 0.2) is 9.84 Å². The fourth-order valence-corrected chi connectivity index (χ4v) is 5.30. The highest BCUT2D eigenvalue weighted by Crippen LogP contribution is 2.26. The molecule has 1 aliphatic heterocycles. The van der Waals surface area contributed by atoms with E-state index in [-0.39, 0.29) is 23.5 Å². The zero-order chi connectivity index (χ0) is 18.4. The van der Waals surface area contributed by atoms with Gasteiger partial charge in [0.1, 0.15) is 0 Å². The summed E-state index contributed by atoms with van der Waals surface area (Å²) in [5, 5.41) is 0.365. The predicted octanol–water partition coefficient (Wildman–Crippen LogP) is 3.01. The minimum absolute atomic E-state index is 0.0162. The molecular weight excluding hydrogens is 360 g/mol. The molecule has 0 aliphatic carbocycles. The number of aryl methyl sites for hydroxylation is 2. The number of hydrogen-bond acceptors (Lipinski definition) is 3. The number of halogens is 1. The Kier molecular flexibility index (Phi) is 4.68. The maximum absolute atomic E-state index is 12.9. The monoisotopic (exact) mass is 380 g/mol. The van der Waals surface area contributed by atoms with Crippen molar-refractivity contribution in [3.05, 3.63) is 52.3 Å². The molecule has 1 fully saturated rings. The molecule has 0 N–H and O–H groups in total. The highest BCUT2D eigenvalue weighted by Gasteiger charge is 2.33. The standard InChI is InChI=1S/C18H21ClN2O3S/c1-12-4-5-13(2)21(12)14-6-7-17(19)16(10-14)18(22)20(3)15-8-9-25(23,24)11-15/h4-7,10,15H,8-9,11H2,1-3H3. The molecule has 1 aliphatic rings. The van der Waals surface area contributed by atoms with Gasteiger partial charge >= 0.3 is 0 Å². The minimum Gasteiger partial charge on any atom is -0.338 e. The first kappa shape index (κ1) is 18.0. The van der Waals surface area contributed by atoms with E-state index in [1.54, 1.807) is 19.2 Å². The molecule has 0 radical (unpaired) electrons. The Bertz CT molecular complexity index is 914. The summed E-state index contributed by atoms with van der Waals surface area (Å²) in [7, 11) is -1.41. The third-order valence-corrected chi connectivity index (χ3v) is 6.87. The summed E-state index contributed by atoms with van der Waals surface area (Å²) in [5.74, 6) is -0.107. The van der Waals surface area contributed by atoms with Crippen molar-refractivity contribution < 1.29 is 13.2 Å². The van der Waals surface area contributed by atoms with E-state index in [0.717, 1.165) is 17.1 Å². The van der Waals surface area contributed by atoms with Crippen LogP contribution in [-0.4, -0.2) is 48.4 Å². The smallest absolute Gasteiger partial charge is 0.255 e. The number of hydrogen-bond donors (Lipinski definition) is 0. The van der Waals surface area contributed by atoms with E-state index in [4.69, 9.17) is 11.6 Å². The van der Waals surface area contributed by atoms with Crippen LogP contribution in [0.1, 0.15) is 28.2 Å². The molecule has 1 aromatic carbocycles. The first-order valence-corrected chi connectivity index (χ1v) is 10.3. The predicted molar refractivity (Wildman–Crippen MR) is 99.4 cm³/mol. The van der Waals surface area contributed by atoms with Gasteiger partial charge in [-0.1, -0.05) is 11.6 Å². The third kappa shape index (κ3) is 3.46. The number of rotatable bonds is 3. The second kappa shape index (κ2) is 6.50. The van der Waals surface area contributed by atoms with Crippen LogP contribution >= 0.6 is 11.6 Å². The summed E-state index contributed by atoms with van der Waals surface area (Å²) in [6, 6.07) is 9.08. The van der Waals surface area contributed by atoms with Crippen molar-refractivity contribution in [1.29, 1.82) is 0 Å². The van der Waals surface area contributed by atoms with Crippen molar-refractivity contribution in [2.75, 3.05) is 18.6 Å². The van der Waals surface area contributed by atoms with Crippen molar-refractivity contribution in [2.45, 2.75) is 26.3 Å². The molecule has 7 heteroatoms. The van der Waals surface area contributed by atoms with E-state index in [2.05, 4.69) is 0 Å². The lowest BCUT2D eigenvalue weighted by Gasteiger charge is -2.24. The molecule has 2 heterocycles. The summed E-state index contributed by atoms with van der Waals surface area (Å²) >= 11 is 6.26. The zero-order valence-corrected chi connectivity index (χ0v) is 16.1. The normalized spacial score (nSPS) is 19.1. The average molecular weight is 381 g/mol. The van der Waals surface area contributed by atoms with Gasteiger partial charge in [-0.2, -0.15) is 0 Å². The van der Waals surface area contributed by atoms with E-state index in [0.29, 0.717) is 17.0 Å². The van der Waals surface area contributed by atoms with E-state index in [1.165, 1.54) is 4.90 Å². The summed E-state index contributed by atoms with van der Waals surface area (Å²) in [4.78, 5) is 14.4. The van der Waals surface area contributed by atoms with Crippen molar-refractivity contribution in [3.63, 3.8) is 0 Å². The molecule has 0 bridgehead atoms. The first-order valence-electron chi connectivity index (χ1n) is 8.12. The van der Waals surface area contributed by atoms with Crippen molar-refractivity contribution >= 4 is 27.3 Å². The second-order valence-electron chi connectivity index (χ2n) is 6.59. The Morgan fingerprint density at radius 2 is 1.84 bits per heavy atom. The van der Waals surface area contributed by atoms with E-state index < -0.39 is 9.84 Å². The van der Waals surface area contributed by atoms with Gasteiger partial charge in [-0.25, -0.2) is 8.42 Å². The van der Waals surface area contributed by atoms with Crippen molar-refractivity contribution in [1.82, 2.24) is 9.47 Å². The number of carbonyl (C=O) groups is 1. The van der Waals surface area contributed by atoms with Crippen LogP contribution in [0.15, 0.2) is 30.3 Å². The first-order chi connectivity index (χ1) is 11.7. The van der Waals surface area contributed by atoms with Crippen LogP contribution in [0, 0.1) is 13.8 Å². The van der Waals surface area contributed by atoms with Gasteiger partial charge < -0.3 is 9.47 Å². The Morgan fingerprint density at radius 1 is 1.20 bits per heavy atom. The lowest BCUT2D eigenvalue weighted by Crippen LogP contribution is -2.38. The van der Waals surface area contributed by atoms with Crippen LogP contribution < -0.4 is 0 Å². The average Bonchev–Trinajstić information content (AvgIpc) is 3.09. The molecule has 2 aromatic rings. The summed E-state index contributed by atoms with van der Waals surface area (Å²) in [6.45, 7) is 4.00. The summed E-state index contributed by atoms with van der Waals surface area (Å²) in [5.41, 5.74) is 3.38. The van der Waals surface area contributed by atoms with Crippen LogP contribution in [0.5, 0.6) is 0 Å². The topological polar surface area (TPSA) is 59.4 Å². The number of carbonyl (C=O) groups excluding carboxylic acids is 1. The second-order valence-corrected chi connectivity index (χ2v) is 9.22. The van der Waals surface area contributed by atoms with Crippen LogP contribution in [0.4, 0.5) is 0 Å². The van der Waals surface area contributed by atoms with Crippen LogP contribution in [0.2, 0.25) is 5.02 Å². The van der Waals surface area contributed by atoms with E-state index in [1.807, 2.05) is 36.6 Å². The lowest BCUT2D eigenvalue weighted by molar-refractivity contribution is 0.0748. The van der Waals surface area contributed by atoms with E-state index >= 15 is 0 Å². The summed E-state index contributed by atoms with van der Waals surface area (Å²) < 4.78 is 25.4. The fraction of sp³-hybridized carbons (Fsp3) is 0.389. The number of nitrogens with zero attached hydrogens (tertiary/aromatic N) is 2. The molecule has 1 amide bonds. The van der Waals surface area contributed by atoms with Gasteiger partial charge in [0, 0.05) is 30.2 Å². The molecular formula is C18H21ClN2O3S. The fourth-order valence-electron chi connectivity index (χ4n) is 3.33. The molecule has 1 unspecified atom stereocenters. The number of amides is 1. The SMILES string of the molecule is Cc1ccc(C)n1-c1ccc(Cl)c(C(=O)N(C)C2CCS(=O)(=O)C2)c1. The maximum atomic E-state index is 12.9. The molecule has 134 valence electrons. The summed E-state index contributed by atoms with van der Waals surface area (Å²) in [6.07, 6.45) is 0.470. The van der Waals surface area contributed by atoms with Crippen molar-refractivity contribution in [3.8, 4) is 5.69 Å². The van der Waals surface area contributed by atoms with Gasteiger partial charge in [-0.05, 0) is 50.6 Å². The van der Waals surface area contributed by atoms with Gasteiger partial charge in [0.2, 0.25) is 0 Å². The molecule has 25 heavy (non-hydrogen) atoms. The quantitative estimate of drug-likeness (QED) is 0.822. The Labute approximate surface area is 153 Å². The Hall–Kier alpha value is -1.79. The number of sulfone groups is 1. The van der Waals surface area contributed by atoms with Gasteiger partial charge in [0.25, 0.3) is 5.91 Å². The molecule has 3 rings (SSSR count). The lowest BCUT2D eigenvalue weighted by atomic mass is 10.1. The molecule has 0 saturated carbocycles. The molecule has 1 atom stereocenters. The Balaban J connectivity index is 1.94.